The lowest BCUT2D eigenvalue weighted by molar-refractivity contribution is -0.129. The van der Waals surface area contributed by atoms with Crippen LogP contribution in [0.2, 0.25) is 0 Å². The number of carbonyl (C=O) groups excluding carboxylic acids is 2. The van der Waals surface area contributed by atoms with Gasteiger partial charge in [-0.25, -0.2) is 9.78 Å². The molecule has 0 aliphatic rings. The molecule has 0 saturated carbocycles. The molecule has 0 aliphatic carbocycles. The first-order chi connectivity index (χ1) is 14.4. The van der Waals surface area contributed by atoms with Gasteiger partial charge in [-0.2, -0.15) is 0 Å². The van der Waals surface area contributed by atoms with Crippen molar-refractivity contribution in [3.05, 3.63) is 76.8 Å². The van der Waals surface area contributed by atoms with E-state index in [1.807, 2.05) is 55.5 Å². The Hall–Kier alpha value is -2.99. The Kier molecular flexibility index (Phi) is 7.36. The lowest BCUT2D eigenvalue weighted by Gasteiger charge is -2.18. The Morgan fingerprint density at radius 1 is 1.03 bits per heavy atom. The van der Waals surface area contributed by atoms with E-state index in [1.54, 1.807) is 13.8 Å². The lowest BCUT2D eigenvalue weighted by Crippen LogP contribution is -2.41. The molecule has 1 aromatic heterocycles. The molecule has 0 radical (unpaired) electrons. The maximum atomic E-state index is 12.6. The summed E-state index contributed by atoms with van der Waals surface area (Å²) in [6, 6.07) is 19.8. The highest BCUT2D eigenvalue weighted by Crippen LogP contribution is 2.28. The molecule has 3 aromatic rings. The van der Waals surface area contributed by atoms with Crippen LogP contribution in [-0.4, -0.2) is 29.0 Å². The Balaban J connectivity index is 1.53. The number of aryl methyl sites for hydroxylation is 2. The highest BCUT2D eigenvalue weighted by Gasteiger charge is 2.23. The predicted molar refractivity (Wildman–Crippen MR) is 120 cm³/mol. The van der Waals surface area contributed by atoms with Gasteiger partial charge in [0.25, 0.3) is 5.91 Å². The SMILES string of the molecule is Cc1nc(-c2ccccc2)sc1C(=O)O[C@@H](C)C(=O)N[C@@H](C)CCc1ccccc1. The zero-order valence-corrected chi connectivity index (χ0v) is 18.2. The van der Waals surface area contributed by atoms with Gasteiger partial charge in [-0.05, 0) is 39.2 Å². The molecule has 156 valence electrons. The molecule has 3 rings (SSSR count). The van der Waals surface area contributed by atoms with E-state index in [-0.39, 0.29) is 11.9 Å². The van der Waals surface area contributed by atoms with Crippen LogP contribution in [0.4, 0.5) is 0 Å². The number of nitrogens with one attached hydrogen (secondary N) is 1. The fourth-order valence-corrected chi connectivity index (χ4v) is 3.97. The van der Waals surface area contributed by atoms with E-state index < -0.39 is 12.1 Å². The normalized spacial score (nSPS) is 12.8. The van der Waals surface area contributed by atoms with E-state index in [0.29, 0.717) is 10.6 Å². The van der Waals surface area contributed by atoms with Gasteiger partial charge in [0.15, 0.2) is 6.10 Å². The number of esters is 1. The van der Waals surface area contributed by atoms with E-state index in [1.165, 1.54) is 16.9 Å². The molecule has 6 heteroatoms. The number of benzene rings is 2. The van der Waals surface area contributed by atoms with Gasteiger partial charge in [0, 0.05) is 11.6 Å². The summed E-state index contributed by atoms with van der Waals surface area (Å²) >= 11 is 1.28. The highest BCUT2D eigenvalue weighted by atomic mass is 32.1. The molecule has 0 unspecified atom stereocenters. The molecular weight excluding hydrogens is 396 g/mol. The second-order valence-corrected chi connectivity index (χ2v) is 8.28. The zero-order chi connectivity index (χ0) is 21.5. The van der Waals surface area contributed by atoms with Crippen molar-refractivity contribution in [1.82, 2.24) is 10.3 Å². The molecule has 1 heterocycles. The Bertz CT molecular complexity index is 986. The molecule has 30 heavy (non-hydrogen) atoms. The first-order valence-electron chi connectivity index (χ1n) is 10.0. The monoisotopic (exact) mass is 422 g/mol. The van der Waals surface area contributed by atoms with Crippen LogP contribution in [0.5, 0.6) is 0 Å². The average molecular weight is 423 g/mol. The number of carbonyl (C=O) groups is 2. The van der Waals surface area contributed by atoms with Gasteiger partial charge in [0.05, 0.1) is 5.69 Å². The number of nitrogens with zero attached hydrogens (tertiary/aromatic N) is 1. The molecule has 2 atom stereocenters. The fraction of sp³-hybridized carbons (Fsp3) is 0.292. The van der Waals surface area contributed by atoms with Crippen molar-refractivity contribution in [2.75, 3.05) is 0 Å². The topological polar surface area (TPSA) is 68.3 Å². The van der Waals surface area contributed by atoms with E-state index in [2.05, 4.69) is 22.4 Å². The summed E-state index contributed by atoms with van der Waals surface area (Å²) in [5.41, 5.74) is 2.78. The number of hydrogen-bond donors (Lipinski definition) is 1. The number of rotatable bonds is 8. The van der Waals surface area contributed by atoms with Gasteiger partial charge in [-0.15, -0.1) is 11.3 Å². The maximum Gasteiger partial charge on any atom is 0.351 e. The summed E-state index contributed by atoms with van der Waals surface area (Å²) < 4.78 is 5.41. The molecule has 0 fully saturated rings. The summed E-state index contributed by atoms with van der Waals surface area (Å²) in [6.07, 6.45) is 0.808. The third-order valence-corrected chi connectivity index (χ3v) is 5.94. The number of hydrogen-bond acceptors (Lipinski definition) is 5. The van der Waals surface area contributed by atoms with Crippen molar-refractivity contribution in [2.45, 2.75) is 45.8 Å². The van der Waals surface area contributed by atoms with Gasteiger partial charge in [0.1, 0.15) is 9.88 Å². The summed E-state index contributed by atoms with van der Waals surface area (Å²) in [4.78, 5) is 29.9. The number of thiazole rings is 1. The van der Waals surface area contributed by atoms with Crippen molar-refractivity contribution in [3.8, 4) is 10.6 Å². The average Bonchev–Trinajstić information content (AvgIpc) is 3.15. The molecular formula is C24H26N2O3S. The van der Waals surface area contributed by atoms with Crippen LogP contribution in [0.1, 0.15) is 41.2 Å². The van der Waals surface area contributed by atoms with E-state index >= 15 is 0 Å². The Labute approximate surface area is 181 Å². The summed E-state index contributed by atoms with van der Waals surface area (Å²) in [5, 5.41) is 3.68. The van der Waals surface area contributed by atoms with Crippen molar-refractivity contribution < 1.29 is 14.3 Å². The summed E-state index contributed by atoms with van der Waals surface area (Å²) in [7, 11) is 0. The molecule has 5 nitrogen and oxygen atoms in total. The molecule has 0 spiro atoms. The van der Waals surface area contributed by atoms with Crippen molar-refractivity contribution >= 4 is 23.2 Å². The van der Waals surface area contributed by atoms with Crippen LogP contribution in [-0.2, 0) is 16.0 Å². The molecule has 1 N–H and O–H groups in total. The van der Waals surface area contributed by atoms with E-state index in [9.17, 15) is 9.59 Å². The van der Waals surface area contributed by atoms with Crippen LogP contribution in [0.25, 0.3) is 10.6 Å². The van der Waals surface area contributed by atoms with Gasteiger partial charge in [-0.1, -0.05) is 60.7 Å². The van der Waals surface area contributed by atoms with Gasteiger partial charge in [0.2, 0.25) is 0 Å². The Morgan fingerprint density at radius 3 is 2.33 bits per heavy atom. The number of amides is 1. The first-order valence-corrected chi connectivity index (χ1v) is 10.8. The van der Waals surface area contributed by atoms with Gasteiger partial charge >= 0.3 is 5.97 Å². The minimum absolute atomic E-state index is 0.0197. The molecule has 2 aromatic carbocycles. The van der Waals surface area contributed by atoms with Crippen molar-refractivity contribution in [1.29, 1.82) is 0 Å². The van der Waals surface area contributed by atoms with E-state index in [4.69, 9.17) is 4.74 Å². The predicted octanol–water partition coefficient (Wildman–Crippen LogP) is 4.80. The van der Waals surface area contributed by atoms with Gasteiger partial charge < -0.3 is 10.1 Å². The van der Waals surface area contributed by atoms with E-state index in [0.717, 1.165) is 23.4 Å². The standard InChI is InChI=1S/C24H26N2O3S/c1-16(14-15-19-10-6-4-7-11-19)25-22(27)18(3)29-24(28)21-17(2)26-23(30-21)20-12-8-5-9-13-20/h4-13,16,18H,14-15H2,1-3H3,(H,25,27)/t16-,18-/m0/s1. The van der Waals surface area contributed by atoms with Crippen LogP contribution >= 0.6 is 11.3 Å². The van der Waals surface area contributed by atoms with Crippen molar-refractivity contribution in [2.24, 2.45) is 0 Å². The first kappa shape index (κ1) is 21.7. The quantitative estimate of drug-likeness (QED) is 0.530. The van der Waals surface area contributed by atoms with Gasteiger partial charge in [-0.3, -0.25) is 4.79 Å². The van der Waals surface area contributed by atoms with Crippen molar-refractivity contribution in [3.63, 3.8) is 0 Å². The second kappa shape index (κ2) is 10.2. The summed E-state index contributed by atoms with van der Waals surface area (Å²) in [5.74, 6) is -0.818. The maximum absolute atomic E-state index is 12.6. The fourth-order valence-electron chi connectivity index (χ4n) is 3.02. The number of ether oxygens (including phenoxy) is 1. The largest absolute Gasteiger partial charge is 0.448 e. The molecule has 0 saturated heterocycles. The number of aromatic nitrogens is 1. The molecule has 0 bridgehead atoms. The molecule has 1 amide bonds. The molecule has 0 aliphatic heterocycles. The van der Waals surface area contributed by atoms with Crippen LogP contribution in [0, 0.1) is 6.92 Å². The minimum Gasteiger partial charge on any atom is -0.448 e. The minimum atomic E-state index is -0.877. The zero-order valence-electron chi connectivity index (χ0n) is 17.4. The summed E-state index contributed by atoms with van der Waals surface area (Å²) in [6.45, 7) is 5.32. The Morgan fingerprint density at radius 2 is 1.67 bits per heavy atom. The highest BCUT2D eigenvalue weighted by molar-refractivity contribution is 7.17. The third kappa shape index (κ3) is 5.76. The lowest BCUT2D eigenvalue weighted by atomic mass is 10.1. The third-order valence-electron chi connectivity index (χ3n) is 4.75. The second-order valence-electron chi connectivity index (χ2n) is 7.28. The van der Waals surface area contributed by atoms with Crippen LogP contribution < -0.4 is 5.32 Å². The van der Waals surface area contributed by atoms with Crippen LogP contribution in [0.3, 0.4) is 0 Å². The van der Waals surface area contributed by atoms with Crippen LogP contribution in [0.15, 0.2) is 60.7 Å². The smallest absolute Gasteiger partial charge is 0.351 e.